The van der Waals surface area contributed by atoms with Gasteiger partial charge >= 0.3 is 0 Å². The number of hydrogen-bond acceptors (Lipinski definition) is 5. The van der Waals surface area contributed by atoms with E-state index in [1.165, 1.54) is 0 Å². The molecule has 0 aliphatic carbocycles. The standard InChI is InChI=1S/C10H15FN2O3/c1-6-2-12-5-13(3-6)10-8(11)9(15)7(4-14)16-10/h2-3,7-10,14-15H,4-5H2,1H3/t7-,8+,9-,10-/m0/s1. The molecule has 2 aliphatic rings. The highest BCUT2D eigenvalue weighted by Crippen LogP contribution is 2.27. The molecule has 5 nitrogen and oxygen atoms in total. The van der Waals surface area contributed by atoms with Crippen molar-refractivity contribution in [2.75, 3.05) is 13.3 Å². The van der Waals surface area contributed by atoms with Gasteiger partial charge in [-0.3, -0.25) is 4.99 Å². The van der Waals surface area contributed by atoms with E-state index in [1.807, 2.05) is 6.92 Å². The smallest absolute Gasteiger partial charge is 0.173 e. The molecular weight excluding hydrogens is 215 g/mol. The van der Waals surface area contributed by atoms with Crippen molar-refractivity contribution >= 4 is 6.21 Å². The number of aliphatic imine (C=N–C) groups is 1. The van der Waals surface area contributed by atoms with Gasteiger partial charge in [-0.05, 0) is 12.5 Å². The zero-order chi connectivity index (χ0) is 11.7. The number of aliphatic hydroxyl groups is 2. The molecule has 0 amide bonds. The van der Waals surface area contributed by atoms with Crippen LogP contribution in [0.15, 0.2) is 16.8 Å². The lowest BCUT2D eigenvalue weighted by molar-refractivity contribution is -0.0704. The fourth-order valence-electron chi connectivity index (χ4n) is 1.89. The van der Waals surface area contributed by atoms with Gasteiger partial charge in [0.25, 0.3) is 0 Å². The Labute approximate surface area is 92.8 Å². The van der Waals surface area contributed by atoms with Gasteiger partial charge in [-0.15, -0.1) is 0 Å². The van der Waals surface area contributed by atoms with Crippen LogP contribution in [-0.2, 0) is 4.74 Å². The SMILES string of the molecule is CC1=CN([C@H]2O[C@@H](CO)[C@H](O)[C@H]2F)CN=C1. The third kappa shape index (κ3) is 1.95. The van der Waals surface area contributed by atoms with E-state index in [4.69, 9.17) is 9.84 Å². The first-order valence-corrected chi connectivity index (χ1v) is 5.16. The lowest BCUT2D eigenvalue weighted by Gasteiger charge is -2.28. The average Bonchev–Trinajstić information content (AvgIpc) is 2.56. The average molecular weight is 230 g/mol. The molecule has 6 heteroatoms. The number of hydrogen-bond donors (Lipinski definition) is 2. The maximum Gasteiger partial charge on any atom is 0.173 e. The van der Waals surface area contributed by atoms with E-state index in [0.717, 1.165) is 5.57 Å². The van der Waals surface area contributed by atoms with Crippen molar-refractivity contribution in [3.05, 3.63) is 11.8 Å². The van der Waals surface area contributed by atoms with Gasteiger partial charge in [0.2, 0.25) is 0 Å². The highest BCUT2D eigenvalue weighted by atomic mass is 19.1. The normalized spacial score (nSPS) is 39.0. The Bertz CT molecular complexity index is 321. The number of halogens is 1. The van der Waals surface area contributed by atoms with Crippen molar-refractivity contribution in [3.8, 4) is 0 Å². The van der Waals surface area contributed by atoms with Crippen molar-refractivity contribution in [2.24, 2.45) is 4.99 Å². The lowest BCUT2D eigenvalue weighted by atomic mass is 10.1. The monoisotopic (exact) mass is 230 g/mol. The lowest BCUT2D eigenvalue weighted by Crippen LogP contribution is -2.40. The summed E-state index contributed by atoms with van der Waals surface area (Å²) in [5, 5.41) is 18.4. The van der Waals surface area contributed by atoms with Gasteiger partial charge in [-0.1, -0.05) is 0 Å². The second-order valence-corrected chi connectivity index (χ2v) is 4.02. The Morgan fingerprint density at radius 3 is 3.00 bits per heavy atom. The molecule has 0 aromatic carbocycles. The van der Waals surface area contributed by atoms with Crippen molar-refractivity contribution < 1.29 is 19.3 Å². The molecule has 16 heavy (non-hydrogen) atoms. The van der Waals surface area contributed by atoms with Crippen LogP contribution in [0.4, 0.5) is 4.39 Å². The summed E-state index contributed by atoms with van der Waals surface area (Å²) in [6.07, 6.45) is -1.13. The first-order valence-electron chi connectivity index (χ1n) is 5.16. The molecule has 0 spiro atoms. The van der Waals surface area contributed by atoms with Gasteiger partial charge in [0.15, 0.2) is 12.4 Å². The Hall–Kier alpha value is -0.980. The van der Waals surface area contributed by atoms with Gasteiger partial charge < -0.3 is 19.8 Å². The van der Waals surface area contributed by atoms with Crippen molar-refractivity contribution in [1.29, 1.82) is 0 Å². The van der Waals surface area contributed by atoms with Crippen LogP contribution in [0.1, 0.15) is 6.92 Å². The Balaban J connectivity index is 2.08. The van der Waals surface area contributed by atoms with Crippen molar-refractivity contribution in [3.63, 3.8) is 0 Å². The van der Waals surface area contributed by atoms with Crippen molar-refractivity contribution in [2.45, 2.75) is 31.5 Å². The van der Waals surface area contributed by atoms with E-state index >= 15 is 0 Å². The molecule has 4 atom stereocenters. The largest absolute Gasteiger partial charge is 0.394 e. The molecule has 1 fully saturated rings. The third-order valence-corrected chi connectivity index (χ3v) is 2.71. The van der Waals surface area contributed by atoms with Crippen LogP contribution in [0.2, 0.25) is 0 Å². The minimum Gasteiger partial charge on any atom is -0.394 e. The molecular formula is C10H15FN2O3. The fraction of sp³-hybridized carbons (Fsp3) is 0.700. The van der Waals surface area contributed by atoms with Gasteiger partial charge in [-0.2, -0.15) is 0 Å². The summed E-state index contributed by atoms with van der Waals surface area (Å²) in [6.45, 7) is 1.75. The van der Waals surface area contributed by atoms with Crippen molar-refractivity contribution in [1.82, 2.24) is 4.90 Å². The second kappa shape index (κ2) is 4.48. The van der Waals surface area contributed by atoms with E-state index in [2.05, 4.69) is 4.99 Å². The molecule has 0 aromatic heterocycles. The Morgan fingerprint density at radius 1 is 1.69 bits per heavy atom. The quantitative estimate of drug-likeness (QED) is 0.680. The summed E-state index contributed by atoms with van der Waals surface area (Å²) in [5.41, 5.74) is 0.893. The van der Waals surface area contributed by atoms with Gasteiger partial charge in [0, 0.05) is 12.4 Å². The molecule has 2 aliphatic heterocycles. The summed E-state index contributed by atoms with van der Waals surface area (Å²) >= 11 is 0. The molecule has 0 saturated carbocycles. The summed E-state index contributed by atoms with van der Waals surface area (Å²) in [4.78, 5) is 5.62. The van der Waals surface area contributed by atoms with Gasteiger partial charge in [0.05, 0.1) is 6.61 Å². The number of alkyl halides is 1. The first kappa shape index (κ1) is 11.5. The number of aliphatic hydroxyl groups excluding tert-OH is 2. The van der Waals surface area contributed by atoms with E-state index in [9.17, 15) is 9.50 Å². The summed E-state index contributed by atoms with van der Waals surface area (Å²) in [5.74, 6) is 0. The molecule has 0 bridgehead atoms. The fourth-order valence-corrected chi connectivity index (χ4v) is 1.89. The van der Waals surface area contributed by atoms with Crippen LogP contribution in [0.25, 0.3) is 0 Å². The van der Waals surface area contributed by atoms with Gasteiger partial charge in [-0.25, -0.2) is 4.39 Å². The zero-order valence-electron chi connectivity index (χ0n) is 8.95. The van der Waals surface area contributed by atoms with Crippen LogP contribution in [0, 0.1) is 0 Å². The molecule has 0 unspecified atom stereocenters. The summed E-state index contributed by atoms with van der Waals surface area (Å²) in [6, 6.07) is 0. The topological polar surface area (TPSA) is 65.3 Å². The molecule has 1 saturated heterocycles. The highest BCUT2D eigenvalue weighted by molar-refractivity contribution is 5.78. The summed E-state index contributed by atoms with van der Waals surface area (Å²) < 4.78 is 19.0. The number of ether oxygens (including phenoxy) is 1. The minimum atomic E-state index is -1.53. The first-order chi connectivity index (χ1) is 7.63. The number of nitrogens with zero attached hydrogens (tertiary/aromatic N) is 2. The van der Waals surface area contributed by atoms with Crippen LogP contribution in [-0.4, -0.2) is 59.2 Å². The predicted molar refractivity (Wildman–Crippen MR) is 55.6 cm³/mol. The Kier molecular flexibility index (Phi) is 3.22. The van der Waals surface area contributed by atoms with Gasteiger partial charge in [0.1, 0.15) is 18.9 Å². The van der Waals surface area contributed by atoms with E-state index < -0.39 is 31.2 Å². The minimum absolute atomic E-state index is 0.299. The molecule has 2 N–H and O–H groups in total. The van der Waals surface area contributed by atoms with Crippen LogP contribution >= 0.6 is 0 Å². The molecule has 90 valence electrons. The van der Waals surface area contributed by atoms with E-state index in [-0.39, 0.29) is 0 Å². The third-order valence-electron chi connectivity index (χ3n) is 2.71. The molecule has 2 heterocycles. The molecule has 0 aromatic rings. The molecule has 0 radical (unpaired) electrons. The highest BCUT2D eigenvalue weighted by Gasteiger charge is 2.46. The second-order valence-electron chi connectivity index (χ2n) is 4.02. The Morgan fingerprint density at radius 2 is 2.44 bits per heavy atom. The maximum absolute atomic E-state index is 13.7. The van der Waals surface area contributed by atoms with Crippen LogP contribution < -0.4 is 0 Å². The van der Waals surface area contributed by atoms with E-state index in [0.29, 0.717) is 6.67 Å². The van der Waals surface area contributed by atoms with E-state index in [1.54, 1.807) is 17.3 Å². The number of rotatable bonds is 2. The predicted octanol–water partition coefficient (Wildman–Crippen LogP) is -0.350. The molecule has 2 rings (SSSR count). The number of allylic oxidation sites excluding steroid dienone is 1. The van der Waals surface area contributed by atoms with Crippen LogP contribution in [0.5, 0.6) is 0 Å². The zero-order valence-corrected chi connectivity index (χ0v) is 8.95. The van der Waals surface area contributed by atoms with Crippen LogP contribution in [0.3, 0.4) is 0 Å². The maximum atomic E-state index is 13.7. The summed E-state index contributed by atoms with van der Waals surface area (Å²) in [7, 11) is 0.